The van der Waals surface area contributed by atoms with Gasteiger partial charge in [0.25, 0.3) is 0 Å². The molecule has 0 saturated carbocycles. The van der Waals surface area contributed by atoms with Crippen LogP contribution in [-0.2, 0) is 0 Å². The maximum absolute atomic E-state index is 10.7. The molecule has 1 unspecified atom stereocenters. The monoisotopic (exact) mass is 234 g/mol. The summed E-state index contributed by atoms with van der Waals surface area (Å²) in [7, 11) is 1.40. The van der Waals surface area contributed by atoms with Gasteiger partial charge in [-0.1, -0.05) is 0 Å². The molecule has 0 bridgehead atoms. The summed E-state index contributed by atoms with van der Waals surface area (Å²) in [6.45, 7) is 1.94. The third kappa shape index (κ3) is 3.38. The molecule has 0 aliphatic rings. The molecule has 0 aliphatic carbocycles. The lowest BCUT2D eigenvalue weighted by molar-refractivity contribution is -0.385. The first-order valence-electron chi connectivity index (χ1n) is 5.11. The molecule has 0 aliphatic heterocycles. The third-order valence-electron chi connectivity index (χ3n) is 2.21. The Hall–Kier alpha value is -2.22. The van der Waals surface area contributed by atoms with Crippen LogP contribution in [0.25, 0.3) is 0 Å². The number of nitrogens with zero attached hydrogens (tertiary/aromatic N) is 1. The zero-order valence-corrected chi connectivity index (χ0v) is 9.77. The molecule has 1 rings (SSSR count). The van der Waals surface area contributed by atoms with Crippen LogP contribution in [-0.4, -0.2) is 18.1 Å². The molecule has 0 fully saturated rings. The summed E-state index contributed by atoms with van der Waals surface area (Å²) in [5.41, 5.74) is 0.692. The molecular weight excluding hydrogens is 220 g/mol. The standard InChI is InChI=1S/C12H14N2O3/c1-4-5-9(2)13-10-6-7-11(14(15)16)12(8-10)17-3/h1,6-9,13H,5H2,2-3H3. The maximum Gasteiger partial charge on any atom is 0.311 e. The minimum Gasteiger partial charge on any atom is -0.490 e. The Balaban J connectivity index is 2.90. The maximum atomic E-state index is 10.7. The number of nitro groups is 1. The Morgan fingerprint density at radius 3 is 2.88 bits per heavy atom. The van der Waals surface area contributed by atoms with Gasteiger partial charge < -0.3 is 10.1 Å². The number of terminal acetylenes is 1. The van der Waals surface area contributed by atoms with Crippen LogP contribution in [0.5, 0.6) is 5.75 Å². The van der Waals surface area contributed by atoms with Crippen molar-refractivity contribution in [2.24, 2.45) is 0 Å². The number of benzene rings is 1. The molecule has 0 amide bonds. The van der Waals surface area contributed by atoms with Crippen molar-refractivity contribution < 1.29 is 9.66 Å². The highest BCUT2D eigenvalue weighted by atomic mass is 16.6. The van der Waals surface area contributed by atoms with Crippen molar-refractivity contribution in [3.8, 4) is 18.1 Å². The van der Waals surface area contributed by atoms with E-state index in [4.69, 9.17) is 11.2 Å². The van der Waals surface area contributed by atoms with Crippen LogP contribution >= 0.6 is 0 Å². The van der Waals surface area contributed by atoms with E-state index in [-0.39, 0.29) is 17.5 Å². The van der Waals surface area contributed by atoms with Gasteiger partial charge in [-0.05, 0) is 13.0 Å². The number of nitrogens with one attached hydrogen (secondary N) is 1. The van der Waals surface area contributed by atoms with E-state index in [1.54, 1.807) is 12.1 Å². The predicted molar refractivity (Wildman–Crippen MR) is 66.2 cm³/mol. The summed E-state index contributed by atoms with van der Waals surface area (Å²) in [5, 5.41) is 13.8. The quantitative estimate of drug-likeness (QED) is 0.482. The fourth-order valence-corrected chi connectivity index (χ4v) is 1.43. The van der Waals surface area contributed by atoms with Crippen LogP contribution in [0.2, 0.25) is 0 Å². The van der Waals surface area contributed by atoms with Gasteiger partial charge in [0.2, 0.25) is 0 Å². The minimum absolute atomic E-state index is 0.0531. The topological polar surface area (TPSA) is 64.4 Å². The van der Waals surface area contributed by atoms with E-state index in [0.717, 1.165) is 5.69 Å². The second-order valence-corrected chi connectivity index (χ2v) is 3.60. The summed E-state index contributed by atoms with van der Waals surface area (Å²) >= 11 is 0. The lowest BCUT2D eigenvalue weighted by atomic mass is 10.2. The first-order chi connectivity index (χ1) is 8.08. The Morgan fingerprint density at radius 1 is 1.65 bits per heavy atom. The largest absolute Gasteiger partial charge is 0.490 e. The summed E-state index contributed by atoms with van der Waals surface area (Å²) in [6, 6.07) is 4.73. The number of hydrogen-bond acceptors (Lipinski definition) is 4. The van der Waals surface area contributed by atoms with Crippen LogP contribution in [0.4, 0.5) is 11.4 Å². The molecule has 1 aromatic carbocycles. The van der Waals surface area contributed by atoms with Gasteiger partial charge in [0.1, 0.15) is 0 Å². The molecule has 1 atom stereocenters. The lowest BCUT2D eigenvalue weighted by Crippen LogP contribution is -2.14. The van der Waals surface area contributed by atoms with Gasteiger partial charge in [-0.25, -0.2) is 0 Å². The molecule has 5 heteroatoms. The number of anilines is 1. The second-order valence-electron chi connectivity index (χ2n) is 3.60. The Kier molecular flexibility index (Phi) is 4.35. The van der Waals surface area contributed by atoms with Crippen molar-refractivity contribution in [3.63, 3.8) is 0 Å². The molecule has 0 heterocycles. The molecule has 0 aromatic heterocycles. The van der Waals surface area contributed by atoms with Crippen molar-refractivity contribution in [1.29, 1.82) is 0 Å². The third-order valence-corrected chi connectivity index (χ3v) is 2.21. The number of nitro benzene ring substituents is 1. The Labute approximate surface area is 99.9 Å². The van der Waals surface area contributed by atoms with Crippen LogP contribution in [0.15, 0.2) is 18.2 Å². The van der Waals surface area contributed by atoms with Gasteiger partial charge in [0, 0.05) is 30.3 Å². The van der Waals surface area contributed by atoms with Crippen molar-refractivity contribution in [1.82, 2.24) is 0 Å². The van der Waals surface area contributed by atoms with Crippen LogP contribution < -0.4 is 10.1 Å². The van der Waals surface area contributed by atoms with E-state index in [1.165, 1.54) is 13.2 Å². The zero-order chi connectivity index (χ0) is 12.8. The van der Waals surface area contributed by atoms with E-state index in [0.29, 0.717) is 6.42 Å². The van der Waals surface area contributed by atoms with Crippen molar-refractivity contribution >= 4 is 11.4 Å². The van der Waals surface area contributed by atoms with Gasteiger partial charge in [-0.2, -0.15) is 0 Å². The molecule has 0 saturated heterocycles. The van der Waals surface area contributed by atoms with Crippen LogP contribution in [0.3, 0.4) is 0 Å². The Bertz CT molecular complexity index is 452. The number of ether oxygens (including phenoxy) is 1. The van der Waals surface area contributed by atoms with E-state index < -0.39 is 4.92 Å². The van der Waals surface area contributed by atoms with E-state index in [1.807, 2.05) is 6.92 Å². The summed E-state index contributed by atoms with van der Waals surface area (Å²) in [5.74, 6) is 2.77. The summed E-state index contributed by atoms with van der Waals surface area (Å²) < 4.78 is 4.97. The molecule has 17 heavy (non-hydrogen) atoms. The fraction of sp³-hybridized carbons (Fsp3) is 0.333. The van der Waals surface area contributed by atoms with E-state index >= 15 is 0 Å². The fourth-order valence-electron chi connectivity index (χ4n) is 1.43. The number of hydrogen-bond donors (Lipinski definition) is 1. The molecule has 90 valence electrons. The normalized spacial score (nSPS) is 11.4. The highest BCUT2D eigenvalue weighted by Gasteiger charge is 2.14. The highest BCUT2D eigenvalue weighted by Crippen LogP contribution is 2.29. The minimum atomic E-state index is -0.479. The van der Waals surface area contributed by atoms with E-state index in [9.17, 15) is 10.1 Å². The van der Waals surface area contributed by atoms with Gasteiger partial charge in [-0.3, -0.25) is 10.1 Å². The average Bonchev–Trinajstić information content (AvgIpc) is 2.28. The van der Waals surface area contributed by atoms with Crippen LogP contribution in [0, 0.1) is 22.5 Å². The smallest absolute Gasteiger partial charge is 0.311 e. The van der Waals surface area contributed by atoms with Crippen LogP contribution in [0.1, 0.15) is 13.3 Å². The molecule has 5 nitrogen and oxygen atoms in total. The first-order valence-corrected chi connectivity index (χ1v) is 5.11. The number of rotatable bonds is 5. The van der Waals surface area contributed by atoms with Crippen molar-refractivity contribution in [2.45, 2.75) is 19.4 Å². The van der Waals surface area contributed by atoms with Crippen molar-refractivity contribution in [2.75, 3.05) is 12.4 Å². The second kappa shape index (κ2) is 5.75. The molecule has 1 aromatic rings. The predicted octanol–water partition coefficient (Wildman–Crippen LogP) is 2.43. The zero-order valence-electron chi connectivity index (χ0n) is 9.77. The average molecular weight is 234 g/mol. The SMILES string of the molecule is C#CCC(C)Nc1ccc([N+](=O)[O-])c(OC)c1. The molecule has 1 N–H and O–H groups in total. The Morgan fingerprint density at radius 2 is 2.35 bits per heavy atom. The van der Waals surface area contributed by atoms with E-state index in [2.05, 4.69) is 11.2 Å². The highest BCUT2D eigenvalue weighted by molar-refractivity contribution is 5.58. The molecular formula is C12H14N2O3. The van der Waals surface area contributed by atoms with Gasteiger partial charge in [0.05, 0.1) is 12.0 Å². The summed E-state index contributed by atoms with van der Waals surface area (Å²) in [6.07, 6.45) is 5.78. The summed E-state index contributed by atoms with van der Waals surface area (Å²) in [4.78, 5) is 10.2. The molecule has 0 radical (unpaired) electrons. The van der Waals surface area contributed by atoms with Gasteiger partial charge in [-0.15, -0.1) is 12.3 Å². The van der Waals surface area contributed by atoms with Gasteiger partial charge >= 0.3 is 5.69 Å². The lowest BCUT2D eigenvalue weighted by Gasteiger charge is -2.13. The first kappa shape index (κ1) is 12.8. The molecule has 0 spiro atoms. The number of methoxy groups -OCH3 is 1. The van der Waals surface area contributed by atoms with Gasteiger partial charge in [0.15, 0.2) is 5.75 Å². The van der Waals surface area contributed by atoms with Crippen molar-refractivity contribution in [3.05, 3.63) is 28.3 Å².